The first-order chi connectivity index (χ1) is 9.57. The SMILES string of the molecule is FC(F)(F)c1ccccc1NCCOC1CCNCC1. The molecule has 112 valence electrons. The smallest absolute Gasteiger partial charge is 0.382 e. The van der Waals surface area contributed by atoms with E-state index in [-0.39, 0.29) is 11.8 Å². The molecule has 1 aliphatic rings. The van der Waals surface area contributed by atoms with Gasteiger partial charge in [-0.25, -0.2) is 0 Å². The van der Waals surface area contributed by atoms with E-state index in [0.29, 0.717) is 13.2 Å². The Bertz CT molecular complexity index is 417. The predicted molar refractivity (Wildman–Crippen MR) is 71.8 cm³/mol. The summed E-state index contributed by atoms with van der Waals surface area (Å²) in [7, 11) is 0. The minimum absolute atomic E-state index is 0.105. The van der Waals surface area contributed by atoms with E-state index in [1.165, 1.54) is 12.1 Å². The molecule has 3 nitrogen and oxygen atoms in total. The lowest BCUT2D eigenvalue weighted by atomic mass is 10.1. The number of anilines is 1. The lowest BCUT2D eigenvalue weighted by molar-refractivity contribution is -0.137. The Morgan fingerprint density at radius 1 is 1.20 bits per heavy atom. The molecule has 1 saturated heterocycles. The van der Waals surface area contributed by atoms with Crippen LogP contribution in [0.3, 0.4) is 0 Å². The third-order valence-electron chi connectivity index (χ3n) is 3.29. The van der Waals surface area contributed by atoms with E-state index in [1.54, 1.807) is 6.07 Å². The minimum Gasteiger partial charge on any atom is -0.382 e. The third kappa shape index (κ3) is 4.38. The van der Waals surface area contributed by atoms with Crippen LogP contribution in [-0.4, -0.2) is 32.3 Å². The fraction of sp³-hybridized carbons (Fsp3) is 0.571. The largest absolute Gasteiger partial charge is 0.418 e. The number of alkyl halides is 3. The van der Waals surface area contributed by atoms with Crippen LogP contribution >= 0.6 is 0 Å². The topological polar surface area (TPSA) is 33.3 Å². The molecule has 2 N–H and O–H groups in total. The van der Waals surface area contributed by atoms with Gasteiger partial charge in [-0.15, -0.1) is 0 Å². The number of hydrogen-bond acceptors (Lipinski definition) is 3. The molecule has 0 aromatic heterocycles. The van der Waals surface area contributed by atoms with E-state index in [0.717, 1.165) is 32.0 Å². The van der Waals surface area contributed by atoms with Gasteiger partial charge in [0.05, 0.1) is 18.3 Å². The van der Waals surface area contributed by atoms with Crippen LogP contribution in [0.1, 0.15) is 18.4 Å². The van der Waals surface area contributed by atoms with Gasteiger partial charge < -0.3 is 15.4 Å². The van der Waals surface area contributed by atoms with E-state index in [2.05, 4.69) is 10.6 Å². The monoisotopic (exact) mass is 288 g/mol. The van der Waals surface area contributed by atoms with E-state index >= 15 is 0 Å². The van der Waals surface area contributed by atoms with Gasteiger partial charge in [0.1, 0.15) is 0 Å². The van der Waals surface area contributed by atoms with Crippen molar-refractivity contribution in [1.29, 1.82) is 0 Å². The van der Waals surface area contributed by atoms with Crippen molar-refractivity contribution >= 4 is 5.69 Å². The number of halogens is 3. The highest BCUT2D eigenvalue weighted by Gasteiger charge is 2.32. The van der Waals surface area contributed by atoms with Gasteiger partial charge in [-0.3, -0.25) is 0 Å². The first-order valence-corrected chi connectivity index (χ1v) is 6.80. The van der Waals surface area contributed by atoms with Crippen LogP contribution in [0, 0.1) is 0 Å². The quantitative estimate of drug-likeness (QED) is 0.817. The van der Waals surface area contributed by atoms with Gasteiger partial charge in [0.15, 0.2) is 0 Å². The first kappa shape index (κ1) is 15.1. The molecule has 0 saturated carbocycles. The van der Waals surface area contributed by atoms with Crippen molar-refractivity contribution in [2.24, 2.45) is 0 Å². The minimum atomic E-state index is -4.33. The molecule has 0 aliphatic carbocycles. The summed E-state index contributed by atoms with van der Waals surface area (Å²) in [6.07, 6.45) is -2.20. The van der Waals surface area contributed by atoms with Gasteiger partial charge in [0, 0.05) is 12.2 Å². The fourth-order valence-corrected chi connectivity index (χ4v) is 2.26. The van der Waals surface area contributed by atoms with Crippen LogP contribution < -0.4 is 10.6 Å². The number of piperidine rings is 1. The molecule has 2 rings (SSSR count). The molecule has 0 radical (unpaired) electrons. The summed E-state index contributed by atoms with van der Waals surface area (Å²) in [5.41, 5.74) is -0.532. The maximum atomic E-state index is 12.8. The van der Waals surface area contributed by atoms with Gasteiger partial charge in [0.2, 0.25) is 0 Å². The van der Waals surface area contributed by atoms with Gasteiger partial charge >= 0.3 is 6.18 Å². The van der Waals surface area contributed by atoms with Crippen molar-refractivity contribution < 1.29 is 17.9 Å². The standard InChI is InChI=1S/C14H19F3N2O/c15-14(16,17)12-3-1-2-4-13(12)19-9-10-20-11-5-7-18-8-6-11/h1-4,11,18-19H,5-10H2. The molecule has 6 heteroatoms. The molecular formula is C14H19F3N2O. The average Bonchev–Trinajstić information content (AvgIpc) is 2.44. The molecule has 0 unspecified atom stereocenters. The molecule has 1 aliphatic heterocycles. The highest BCUT2D eigenvalue weighted by Crippen LogP contribution is 2.34. The van der Waals surface area contributed by atoms with Crippen LogP contribution in [-0.2, 0) is 10.9 Å². The number of para-hydroxylation sites is 1. The molecular weight excluding hydrogens is 269 g/mol. The Labute approximate surface area is 116 Å². The number of ether oxygens (including phenoxy) is 1. The normalized spacial score (nSPS) is 17.1. The summed E-state index contributed by atoms with van der Waals surface area (Å²) in [5.74, 6) is 0. The molecule has 0 atom stereocenters. The Hall–Kier alpha value is -1.27. The maximum Gasteiger partial charge on any atom is 0.418 e. The Morgan fingerprint density at radius 3 is 2.60 bits per heavy atom. The molecule has 0 amide bonds. The van der Waals surface area contributed by atoms with Gasteiger partial charge in [0.25, 0.3) is 0 Å². The second kappa shape index (κ2) is 6.95. The molecule has 1 heterocycles. The van der Waals surface area contributed by atoms with Crippen molar-refractivity contribution in [3.63, 3.8) is 0 Å². The summed E-state index contributed by atoms with van der Waals surface area (Å²) in [6.45, 7) is 2.66. The second-order valence-corrected chi connectivity index (χ2v) is 4.79. The zero-order valence-electron chi connectivity index (χ0n) is 11.2. The maximum absolute atomic E-state index is 12.8. The molecule has 1 aromatic carbocycles. The average molecular weight is 288 g/mol. The highest BCUT2D eigenvalue weighted by atomic mass is 19.4. The fourth-order valence-electron chi connectivity index (χ4n) is 2.26. The van der Waals surface area contributed by atoms with E-state index in [1.807, 2.05) is 0 Å². The molecule has 1 fully saturated rings. The van der Waals surface area contributed by atoms with Crippen molar-refractivity contribution in [2.75, 3.05) is 31.6 Å². The van der Waals surface area contributed by atoms with Crippen molar-refractivity contribution in [2.45, 2.75) is 25.1 Å². The van der Waals surface area contributed by atoms with E-state index in [4.69, 9.17) is 4.74 Å². The lowest BCUT2D eigenvalue weighted by Crippen LogP contribution is -2.33. The zero-order valence-corrected chi connectivity index (χ0v) is 11.2. The molecule has 1 aromatic rings. The Kier molecular flexibility index (Phi) is 5.25. The summed E-state index contributed by atoms with van der Waals surface area (Å²) in [6, 6.07) is 5.49. The van der Waals surface area contributed by atoms with Crippen molar-refractivity contribution in [1.82, 2.24) is 5.32 Å². The van der Waals surface area contributed by atoms with E-state index in [9.17, 15) is 13.2 Å². The highest BCUT2D eigenvalue weighted by molar-refractivity contribution is 5.52. The first-order valence-electron chi connectivity index (χ1n) is 6.80. The number of nitrogens with one attached hydrogen (secondary N) is 2. The molecule has 0 bridgehead atoms. The van der Waals surface area contributed by atoms with Crippen molar-refractivity contribution in [3.05, 3.63) is 29.8 Å². The van der Waals surface area contributed by atoms with Crippen LogP contribution in [0.5, 0.6) is 0 Å². The molecule has 20 heavy (non-hydrogen) atoms. The zero-order chi connectivity index (χ0) is 14.4. The number of rotatable bonds is 5. The summed E-state index contributed by atoms with van der Waals surface area (Å²) in [5, 5.41) is 6.03. The van der Waals surface area contributed by atoms with Crippen LogP contribution in [0.15, 0.2) is 24.3 Å². The Morgan fingerprint density at radius 2 is 1.90 bits per heavy atom. The van der Waals surface area contributed by atoms with Crippen LogP contribution in [0.25, 0.3) is 0 Å². The van der Waals surface area contributed by atoms with Gasteiger partial charge in [-0.2, -0.15) is 13.2 Å². The second-order valence-electron chi connectivity index (χ2n) is 4.79. The summed E-state index contributed by atoms with van der Waals surface area (Å²) in [4.78, 5) is 0. The molecule has 0 spiro atoms. The van der Waals surface area contributed by atoms with Gasteiger partial charge in [-0.05, 0) is 38.1 Å². The van der Waals surface area contributed by atoms with E-state index < -0.39 is 11.7 Å². The summed E-state index contributed by atoms with van der Waals surface area (Å²) >= 11 is 0. The summed E-state index contributed by atoms with van der Waals surface area (Å²) < 4.78 is 44.0. The van der Waals surface area contributed by atoms with Crippen LogP contribution in [0.2, 0.25) is 0 Å². The van der Waals surface area contributed by atoms with Gasteiger partial charge in [-0.1, -0.05) is 12.1 Å². The number of benzene rings is 1. The number of hydrogen-bond donors (Lipinski definition) is 2. The van der Waals surface area contributed by atoms with Crippen LogP contribution in [0.4, 0.5) is 18.9 Å². The lowest BCUT2D eigenvalue weighted by Gasteiger charge is -2.23. The Balaban J connectivity index is 1.79. The van der Waals surface area contributed by atoms with Crippen molar-refractivity contribution in [3.8, 4) is 0 Å². The third-order valence-corrected chi connectivity index (χ3v) is 3.29. The predicted octanol–water partition coefficient (Wildman–Crippen LogP) is 2.89.